The Hall–Kier alpha value is -2.04. The minimum Gasteiger partial charge on any atom is -0.489 e. The summed E-state index contributed by atoms with van der Waals surface area (Å²) in [6, 6.07) is 17.2. The van der Waals surface area contributed by atoms with Crippen LogP contribution in [0.25, 0.3) is 0 Å². The van der Waals surface area contributed by atoms with Crippen LogP contribution in [0.5, 0.6) is 5.75 Å². The zero-order valence-corrected chi connectivity index (χ0v) is 15.2. The molecule has 0 bridgehead atoms. The third kappa shape index (κ3) is 4.97. The number of nitrogens with two attached hydrogens (primary N) is 1. The van der Waals surface area contributed by atoms with E-state index in [1.807, 2.05) is 49.4 Å². The van der Waals surface area contributed by atoms with Crippen LogP contribution in [0.3, 0.4) is 0 Å². The second-order valence-corrected chi connectivity index (χ2v) is 6.65. The number of hydrogen-bond donors (Lipinski definition) is 2. The van der Waals surface area contributed by atoms with Crippen LogP contribution in [0.2, 0.25) is 0 Å². The summed E-state index contributed by atoms with van der Waals surface area (Å²) in [6.07, 6.45) is 2.27. The fraction of sp³-hybridized carbons (Fsp3) is 0.350. The van der Waals surface area contributed by atoms with Crippen molar-refractivity contribution in [1.29, 1.82) is 0 Å². The van der Waals surface area contributed by atoms with Crippen LogP contribution in [0.1, 0.15) is 35.7 Å². The highest BCUT2D eigenvalue weighted by Crippen LogP contribution is 2.39. The van der Waals surface area contributed by atoms with Crippen LogP contribution in [0.15, 0.2) is 54.6 Å². The van der Waals surface area contributed by atoms with Gasteiger partial charge in [0.15, 0.2) is 0 Å². The van der Waals surface area contributed by atoms with Crippen LogP contribution in [0.4, 0.5) is 0 Å². The summed E-state index contributed by atoms with van der Waals surface area (Å²) in [7, 11) is 0. The molecule has 25 heavy (non-hydrogen) atoms. The lowest BCUT2D eigenvalue weighted by molar-refractivity contribution is 0.0897. The summed E-state index contributed by atoms with van der Waals surface area (Å²) in [5.41, 5.74) is 7.25. The number of hydrogen-bond acceptors (Lipinski definition) is 3. The molecule has 2 aromatic carbocycles. The van der Waals surface area contributed by atoms with Gasteiger partial charge in [0.2, 0.25) is 0 Å². The van der Waals surface area contributed by atoms with Crippen molar-refractivity contribution in [3.8, 4) is 5.75 Å². The molecule has 1 atom stereocenters. The van der Waals surface area contributed by atoms with Gasteiger partial charge < -0.3 is 15.8 Å². The minimum absolute atomic E-state index is 0. The predicted octanol–water partition coefficient (Wildman–Crippen LogP) is 3.54. The zero-order chi connectivity index (χ0) is 17.0. The molecule has 0 aliphatic heterocycles. The Morgan fingerprint density at radius 1 is 1.20 bits per heavy atom. The summed E-state index contributed by atoms with van der Waals surface area (Å²) < 4.78 is 5.79. The van der Waals surface area contributed by atoms with Crippen molar-refractivity contribution in [2.75, 3.05) is 6.54 Å². The molecule has 3 rings (SSSR count). The van der Waals surface area contributed by atoms with Crippen molar-refractivity contribution in [2.45, 2.75) is 31.9 Å². The topological polar surface area (TPSA) is 64.3 Å². The van der Waals surface area contributed by atoms with E-state index in [9.17, 15) is 4.79 Å². The van der Waals surface area contributed by atoms with Gasteiger partial charge in [0, 0.05) is 12.1 Å². The van der Waals surface area contributed by atoms with Crippen LogP contribution >= 0.6 is 12.4 Å². The third-order valence-corrected chi connectivity index (χ3v) is 4.65. The lowest BCUT2D eigenvalue weighted by Gasteiger charge is -2.29. The quantitative estimate of drug-likeness (QED) is 0.793. The Morgan fingerprint density at radius 2 is 1.92 bits per heavy atom. The molecule has 0 heterocycles. The van der Waals surface area contributed by atoms with Crippen LogP contribution in [0, 0.1) is 5.92 Å². The Kier molecular flexibility index (Phi) is 6.45. The van der Waals surface area contributed by atoms with Crippen LogP contribution < -0.4 is 15.8 Å². The van der Waals surface area contributed by atoms with Gasteiger partial charge in [0.1, 0.15) is 12.4 Å². The van der Waals surface area contributed by atoms with E-state index in [0.717, 1.165) is 18.4 Å². The Morgan fingerprint density at radius 3 is 2.56 bits per heavy atom. The number of amides is 1. The van der Waals surface area contributed by atoms with Gasteiger partial charge in [-0.15, -0.1) is 12.4 Å². The summed E-state index contributed by atoms with van der Waals surface area (Å²) in [5.74, 6) is 1.08. The monoisotopic (exact) mass is 360 g/mol. The molecule has 4 nitrogen and oxygen atoms in total. The lowest BCUT2D eigenvalue weighted by Crippen LogP contribution is -2.53. The average Bonchev–Trinajstić information content (AvgIpc) is 3.46. The Balaban J connectivity index is 0.00000225. The van der Waals surface area contributed by atoms with Crippen molar-refractivity contribution in [1.82, 2.24) is 5.32 Å². The molecule has 5 heteroatoms. The second-order valence-electron chi connectivity index (χ2n) is 6.65. The number of nitrogens with one attached hydrogen (secondary N) is 1. The van der Waals surface area contributed by atoms with Gasteiger partial charge >= 0.3 is 0 Å². The number of carbonyl (C=O) groups is 1. The number of rotatable bonds is 7. The maximum atomic E-state index is 12.6. The van der Waals surface area contributed by atoms with E-state index in [-0.39, 0.29) is 23.9 Å². The Bertz CT molecular complexity index is 704. The minimum atomic E-state index is -0.321. The molecule has 3 N–H and O–H groups in total. The molecule has 1 amide bonds. The number of benzene rings is 2. The van der Waals surface area contributed by atoms with Crippen molar-refractivity contribution in [3.05, 3.63) is 65.7 Å². The van der Waals surface area contributed by atoms with Gasteiger partial charge in [-0.3, -0.25) is 4.79 Å². The van der Waals surface area contributed by atoms with E-state index >= 15 is 0 Å². The molecule has 1 fully saturated rings. The first-order chi connectivity index (χ1) is 11.6. The molecule has 134 valence electrons. The van der Waals surface area contributed by atoms with Crippen molar-refractivity contribution in [3.63, 3.8) is 0 Å². The molecule has 0 radical (unpaired) electrons. The molecule has 0 aromatic heterocycles. The van der Waals surface area contributed by atoms with Crippen molar-refractivity contribution in [2.24, 2.45) is 11.7 Å². The fourth-order valence-electron chi connectivity index (χ4n) is 2.84. The van der Waals surface area contributed by atoms with Gasteiger partial charge in [-0.25, -0.2) is 0 Å². The van der Waals surface area contributed by atoms with E-state index in [2.05, 4.69) is 5.32 Å². The molecule has 0 saturated heterocycles. The van der Waals surface area contributed by atoms with Gasteiger partial charge in [0.05, 0.1) is 5.54 Å². The van der Waals surface area contributed by atoms with E-state index < -0.39 is 0 Å². The van der Waals surface area contributed by atoms with Crippen LogP contribution in [-0.2, 0) is 6.61 Å². The first-order valence-electron chi connectivity index (χ1n) is 8.40. The number of ether oxygens (including phenoxy) is 1. The van der Waals surface area contributed by atoms with E-state index in [1.165, 1.54) is 0 Å². The average molecular weight is 361 g/mol. The number of carbonyl (C=O) groups excluding carboxylic acids is 1. The summed E-state index contributed by atoms with van der Waals surface area (Å²) >= 11 is 0. The molecular weight excluding hydrogens is 336 g/mol. The van der Waals surface area contributed by atoms with E-state index in [4.69, 9.17) is 10.5 Å². The van der Waals surface area contributed by atoms with Gasteiger partial charge in [0.25, 0.3) is 5.91 Å². The summed E-state index contributed by atoms with van der Waals surface area (Å²) in [6.45, 7) is 2.96. The number of halogens is 1. The third-order valence-electron chi connectivity index (χ3n) is 4.65. The summed E-state index contributed by atoms with van der Waals surface area (Å²) in [5, 5.41) is 3.10. The van der Waals surface area contributed by atoms with Gasteiger partial charge in [-0.1, -0.05) is 36.4 Å². The smallest absolute Gasteiger partial charge is 0.251 e. The molecule has 1 aliphatic carbocycles. The normalized spacial score (nSPS) is 15.6. The molecule has 0 spiro atoms. The Labute approximate surface area is 155 Å². The lowest BCUT2D eigenvalue weighted by atomic mass is 9.95. The van der Waals surface area contributed by atoms with E-state index in [0.29, 0.717) is 30.4 Å². The SMILES string of the molecule is CC(CN)(NC(=O)c1cccc(OCc2ccccc2)c1)C1CC1.Cl. The highest BCUT2D eigenvalue weighted by Gasteiger charge is 2.41. The fourth-order valence-corrected chi connectivity index (χ4v) is 2.84. The maximum absolute atomic E-state index is 12.6. The van der Waals surface area contributed by atoms with Gasteiger partial charge in [-0.05, 0) is 49.4 Å². The standard InChI is InChI=1S/C20H24N2O2.ClH/c1-20(14-21,17-10-11-17)22-19(23)16-8-5-9-18(12-16)24-13-15-6-3-2-4-7-15;/h2-9,12,17H,10-11,13-14,21H2,1H3,(H,22,23);1H. The van der Waals surface area contributed by atoms with Gasteiger partial charge in [-0.2, -0.15) is 0 Å². The van der Waals surface area contributed by atoms with Crippen molar-refractivity contribution >= 4 is 18.3 Å². The summed E-state index contributed by atoms with van der Waals surface area (Å²) in [4.78, 5) is 12.6. The highest BCUT2D eigenvalue weighted by molar-refractivity contribution is 5.95. The molecule has 1 saturated carbocycles. The first kappa shape index (κ1) is 19.3. The molecule has 1 unspecified atom stereocenters. The maximum Gasteiger partial charge on any atom is 0.251 e. The van der Waals surface area contributed by atoms with E-state index in [1.54, 1.807) is 12.1 Å². The second kappa shape index (κ2) is 8.37. The van der Waals surface area contributed by atoms with Crippen LogP contribution in [-0.4, -0.2) is 18.0 Å². The molecular formula is C20H25ClN2O2. The molecule has 2 aromatic rings. The largest absolute Gasteiger partial charge is 0.489 e. The molecule has 1 aliphatic rings. The first-order valence-corrected chi connectivity index (χ1v) is 8.40. The highest BCUT2D eigenvalue weighted by atomic mass is 35.5. The predicted molar refractivity (Wildman–Crippen MR) is 102 cm³/mol. The van der Waals surface area contributed by atoms with Crippen molar-refractivity contribution < 1.29 is 9.53 Å². The zero-order valence-electron chi connectivity index (χ0n) is 14.4.